The van der Waals surface area contributed by atoms with Crippen LogP contribution in [-0.4, -0.2) is 51.2 Å². The van der Waals surface area contributed by atoms with Gasteiger partial charge >= 0.3 is 0 Å². The summed E-state index contributed by atoms with van der Waals surface area (Å²) in [6.07, 6.45) is -0.882. The molecule has 0 spiro atoms. The molecule has 4 N–H and O–H groups in total. The number of anilines is 1. The van der Waals surface area contributed by atoms with Crippen LogP contribution in [0.25, 0.3) is 21.7 Å². The first-order valence-corrected chi connectivity index (χ1v) is 18.2. The van der Waals surface area contributed by atoms with E-state index in [-0.39, 0.29) is 29.8 Å². The maximum absolute atomic E-state index is 14.0. The van der Waals surface area contributed by atoms with Gasteiger partial charge in [0.25, 0.3) is 17.7 Å². The number of nitrogens with zero attached hydrogens (tertiary/aromatic N) is 1. The van der Waals surface area contributed by atoms with Crippen molar-refractivity contribution < 1.29 is 19.5 Å². The van der Waals surface area contributed by atoms with Gasteiger partial charge in [0.1, 0.15) is 5.69 Å². The molecule has 8 nitrogen and oxygen atoms in total. The number of amides is 3. The van der Waals surface area contributed by atoms with Gasteiger partial charge in [-0.15, -0.1) is 11.8 Å². The quantitative estimate of drug-likeness (QED) is 0.101. The molecule has 0 bridgehead atoms. The summed E-state index contributed by atoms with van der Waals surface area (Å²) in [7, 11) is 0. The third kappa shape index (κ3) is 8.85. The smallest absolute Gasteiger partial charge is 0.274 e. The summed E-state index contributed by atoms with van der Waals surface area (Å²) in [6.45, 7) is 7.53. The largest absolute Gasteiger partial charge is 0.391 e. The lowest BCUT2D eigenvalue weighted by atomic mass is 9.96. The van der Waals surface area contributed by atoms with Crippen LogP contribution in [0.2, 0.25) is 0 Å². The minimum atomic E-state index is -1.03. The zero-order valence-corrected chi connectivity index (χ0v) is 30.5. The van der Waals surface area contributed by atoms with E-state index < -0.39 is 17.7 Å². The van der Waals surface area contributed by atoms with Crippen molar-refractivity contribution in [1.29, 1.82) is 0 Å². The number of fused-ring (bicyclic) bond motifs is 2. The van der Waals surface area contributed by atoms with E-state index in [9.17, 15) is 19.5 Å². The molecule has 0 radical (unpaired) electrons. The maximum atomic E-state index is 14.0. The van der Waals surface area contributed by atoms with Crippen molar-refractivity contribution >= 4 is 56.8 Å². The Kier molecular flexibility index (Phi) is 11.0. The van der Waals surface area contributed by atoms with Gasteiger partial charge in [-0.25, -0.2) is 4.98 Å². The van der Waals surface area contributed by atoms with Crippen LogP contribution >= 0.6 is 11.8 Å². The summed E-state index contributed by atoms with van der Waals surface area (Å²) in [5.74, 6) is -0.639. The molecule has 1 heterocycles. The van der Waals surface area contributed by atoms with E-state index in [1.807, 2.05) is 81.4 Å². The molecule has 5 aromatic carbocycles. The second kappa shape index (κ2) is 15.8. The molecule has 52 heavy (non-hydrogen) atoms. The van der Waals surface area contributed by atoms with Crippen LogP contribution in [0.5, 0.6) is 0 Å². The number of thioether (sulfide) groups is 1. The van der Waals surface area contributed by atoms with E-state index in [0.29, 0.717) is 39.2 Å². The van der Waals surface area contributed by atoms with Gasteiger partial charge in [0.2, 0.25) is 0 Å². The van der Waals surface area contributed by atoms with E-state index in [2.05, 4.69) is 45.2 Å². The minimum absolute atomic E-state index is 0.144. The van der Waals surface area contributed by atoms with Crippen molar-refractivity contribution in [1.82, 2.24) is 15.6 Å². The van der Waals surface area contributed by atoms with Crippen LogP contribution < -0.4 is 16.0 Å². The summed E-state index contributed by atoms with van der Waals surface area (Å²) in [5, 5.41) is 23.9. The van der Waals surface area contributed by atoms with Crippen LogP contribution in [0.4, 0.5) is 5.69 Å². The van der Waals surface area contributed by atoms with Gasteiger partial charge in [-0.2, -0.15) is 0 Å². The molecule has 0 aliphatic carbocycles. The Morgan fingerprint density at radius 2 is 1.40 bits per heavy atom. The van der Waals surface area contributed by atoms with Crippen molar-refractivity contribution in [2.24, 2.45) is 0 Å². The lowest BCUT2D eigenvalue weighted by Gasteiger charge is -2.26. The monoisotopic (exact) mass is 710 g/mol. The second-order valence-corrected chi connectivity index (χ2v) is 14.9. The predicted molar refractivity (Wildman–Crippen MR) is 210 cm³/mol. The number of aliphatic hydroxyl groups excluding tert-OH is 1. The number of pyridine rings is 1. The highest BCUT2D eigenvalue weighted by Crippen LogP contribution is 2.27. The van der Waals surface area contributed by atoms with Gasteiger partial charge in [0, 0.05) is 44.8 Å². The molecule has 6 rings (SSSR count). The Hall–Kier alpha value is -5.51. The fourth-order valence-electron chi connectivity index (χ4n) is 6.03. The summed E-state index contributed by atoms with van der Waals surface area (Å²) < 4.78 is 0. The van der Waals surface area contributed by atoms with E-state index >= 15 is 0 Å². The molecule has 0 fully saturated rings. The lowest BCUT2D eigenvalue weighted by Crippen LogP contribution is -2.46. The number of carbonyl (C=O) groups excluding carboxylic acids is 3. The van der Waals surface area contributed by atoms with Crippen LogP contribution in [0.15, 0.2) is 126 Å². The molecule has 9 heteroatoms. The highest BCUT2D eigenvalue weighted by molar-refractivity contribution is 7.99. The average molecular weight is 711 g/mol. The number of benzene rings is 5. The van der Waals surface area contributed by atoms with Crippen molar-refractivity contribution in [2.75, 3.05) is 11.1 Å². The zero-order chi connectivity index (χ0) is 36.8. The molecule has 0 saturated carbocycles. The Morgan fingerprint density at radius 1 is 0.731 bits per heavy atom. The number of hydrogen-bond donors (Lipinski definition) is 4. The average Bonchev–Trinajstić information content (AvgIpc) is 3.13. The molecule has 0 saturated heterocycles. The molecule has 0 unspecified atom stereocenters. The number of rotatable bonds is 11. The summed E-state index contributed by atoms with van der Waals surface area (Å²) >= 11 is 1.53. The van der Waals surface area contributed by atoms with Crippen LogP contribution in [-0.2, 0) is 6.42 Å². The Bertz CT molecular complexity index is 2260. The molecule has 3 amide bonds. The van der Waals surface area contributed by atoms with Gasteiger partial charge in [0.05, 0.1) is 17.7 Å². The highest BCUT2D eigenvalue weighted by Gasteiger charge is 2.26. The first-order chi connectivity index (χ1) is 24.9. The van der Waals surface area contributed by atoms with Crippen molar-refractivity contribution in [3.8, 4) is 0 Å². The second-order valence-electron chi connectivity index (χ2n) is 13.9. The molecule has 6 aromatic rings. The Morgan fingerprint density at radius 3 is 2.19 bits per heavy atom. The summed E-state index contributed by atoms with van der Waals surface area (Å²) in [4.78, 5) is 45.9. The summed E-state index contributed by atoms with van der Waals surface area (Å²) in [5.41, 5.74) is 3.11. The van der Waals surface area contributed by atoms with Crippen LogP contribution in [0.1, 0.15) is 63.1 Å². The van der Waals surface area contributed by atoms with E-state index in [0.717, 1.165) is 21.1 Å². The van der Waals surface area contributed by atoms with Gasteiger partial charge in [-0.3, -0.25) is 14.4 Å². The van der Waals surface area contributed by atoms with Gasteiger partial charge in [0.15, 0.2) is 0 Å². The van der Waals surface area contributed by atoms with Crippen molar-refractivity contribution in [3.05, 3.63) is 149 Å². The Labute approximate surface area is 308 Å². The fourth-order valence-corrected chi connectivity index (χ4v) is 7.08. The van der Waals surface area contributed by atoms with Crippen LogP contribution in [0, 0.1) is 6.92 Å². The number of para-hydroxylation sites is 1. The number of aliphatic hydroxyl groups is 1. The molecule has 0 aliphatic heterocycles. The van der Waals surface area contributed by atoms with E-state index in [4.69, 9.17) is 0 Å². The first-order valence-electron chi connectivity index (χ1n) is 17.2. The number of carbonyl (C=O) groups is 3. The molecule has 0 aliphatic rings. The molecule has 264 valence electrons. The Balaban J connectivity index is 1.23. The highest BCUT2D eigenvalue weighted by atomic mass is 32.2. The normalized spacial score (nSPS) is 12.6. The summed E-state index contributed by atoms with van der Waals surface area (Å²) in [6, 6.07) is 37.1. The van der Waals surface area contributed by atoms with Gasteiger partial charge < -0.3 is 21.1 Å². The van der Waals surface area contributed by atoms with Crippen molar-refractivity contribution in [2.45, 2.75) is 56.7 Å². The molecule has 1 aromatic heterocycles. The molecular weight excluding hydrogens is 669 g/mol. The SMILES string of the molecule is Cc1c(NC(=O)c2ccc3ccccc3n2)cccc1C(=O)N[C@@H](CSc1ccc2ccccc2c1)[C@H](O)Cc1ccccc1C(=O)NC(C)(C)C. The van der Waals surface area contributed by atoms with E-state index in [1.165, 1.54) is 11.8 Å². The van der Waals surface area contributed by atoms with Gasteiger partial charge in [-0.05, 0) is 92.1 Å². The van der Waals surface area contributed by atoms with Gasteiger partial charge in [-0.1, -0.05) is 78.9 Å². The van der Waals surface area contributed by atoms with E-state index in [1.54, 1.807) is 43.3 Å². The first kappa shape index (κ1) is 36.3. The third-order valence-electron chi connectivity index (χ3n) is 8.77. The lowest BCUT2D eigenvalue weighted by molar-refractivity contribution is 0.0849. The topological polar surface area (TPSA) is 120 Å². The predicted octanol–water partition coefficient (Wildman–Crippen LogP) is 7.97. The fraction of sp³-hybridized carbons (Fsp3) is 0.209. The van der Waals surface area contributed by atoms with Crippen molar-refractivity contribution in [3.63, 3.8) is 0 Å². The zero-order valence-electron chi connectivity index (χ0n) is 29.6. The standard InChI is InChI=1S/C43H42N4O4S/c1-27-33(17-11-19-35(27)45-42(51)37-23-21-29-13-8-10-18-36(29)44-37)40(49)46-38(26-52-32-22-20-28-12-5-6-14-30(28)24-32)39(48)25-31-15-7-9-16-34(31)41(50)47-43(2,3)4/h5-24,38-39,48H,25-26H2,1-4H3,(H,45,51)(H,46,49)(H,47,50)/t38-,39+/m0/s1. The number of nitrogens with one attached hydrogen (secondary N) is 3. The molecular formula is C43H42N4O4S. The third-order valence-corrected chi connectivity index (χ3v) is 9.88. The number of hydrogen-bond acceptors (Lipinski definition) is 6. The van der Waals surface area contributed by atoms with Crippen LogP contribution in [0.3, 0.4) is 0 Å². The number of aromatic nitrogens is 1. The minimum Gasteiger partial charge on any atom is -0.391 e. The maximum Gasteiger partial charge on any atom is 0.274 e. The molecule has 2 atom stereocenters.